The molecule has 3 atom stereocenters. The molecular formula is C25H36N4O. The normalized spacial score (nSPS) is 30.8. The zero-order chi connectivity index (χ0) is 20.9. The average molecular weight is 409 g/mol. The number of hydrogen-bond acceptors (Lipinski definition) is 3. The summed E-state index contributed by atoms with van der Waals surface area (Å²) in [5.41, 5.74) is 2.77. The number of hydrogen-bond donors (Lipinski definition) is 2. The van der Waals surface area contributed by atoms with Gasteiger partial charge in [-0.05, 0) is 74.1 Å². The predicted octanol–water partition coefficient (Wildman–Crippen LogP) is 4.22. The highest BCUT2D eigenvalue weighted by Gasteiger charge is 2.61. The van der Waals surface area contributed by atoms with E-state index in [0.29, 0.717) is 30.3 Å². The molecule has 5 heteroatoms. The Kier molecular flexibility index (Phi) is 4.92. The van der Waals surface area contributed by atoms with Gasteiger partial charge in [0.15, 0.2) is 0 Å². The Morgan fingerprint density at radius 1 is 1.20 bits per heavy atom. The first-order chi connectivity index (χ1) is 14.4. The van der Waals surface area contributed by atoms with Crippen molar-refractivity contribution in [2.45, 2.75) is 77.8 Å². The molecule has 2 bridgehead atoms. The molecule has 5 rings (SSSR count). The smallest absolute Gasteiger partial charge is 0.222 e. The molecule has 0 radical (unpaired) electrons. The maximum absolute atomic E-state index is 13.0. The lowest BCUT2D eigenvalue weighted by Gasteiger charge is -2.39. The van der Waals surface area contributed by atoms with Crippen LogP contribution in [0.4, 0.5) is 0 Å². The first kappa shape index (κ1) is 20.0. The summed E-state index contributed by atoms with van der Waals surface area (Å²) in [5, 5.41) is 6.88. The summed E-state index contributed by atoms with van der Waals surface area (Å²) in [4.78, 5) is 18.0. The molecular weight excluding hydrogens is 372 g/mol. The molecule has 1 unspecified atom stereocenters. The standard InChI is InChI=1S/C25H36N4O/c1-24(2)18-8-12-25(24,3)21(16-18)28-22(30)11-15-29-20-7-5-4-6-19(20)27-23(29)17-9-13-26-14-10-17/h4-7,17-18,21,26H,8-16H2,1-3H3,(H,28,30)/t18?,21-,25+/m0/s1. The van der Waals surface area contributed by atoms with Crippen molar-refractivity contribution in [3.8, 4) is 0 Å². The van der Waals surface area contributed by atoms with E-state index >= 15 is 0 Å². The zero-order valence-corrected chi connectivity index (χ0v) is 18.7. The summed E-state index contributed by atoms with van der Waals surface area (Å²) >= 11 is 0. The number of nitrogens with zero attached hydrogens (tertiary/aromatic N) is 2. The summed E-state index contributed by atoms with van der Waals surface area (Å²) < 4.78 is 2.32. The fraction of sp³-hybridized carbons (Fsp3) is 0.680. The molecule has 3 fully saturated rings. The first-order valence-electron chi connectivity index (χ1n) is 11.9. The van der Waals surface area contributed by atoms with Gasteiger partial charge in [-0.15, -0.1) is 0 Å². The van der Waals surface area contributed by atoms with Gasteiger partial charge in [0.25, 0.3) is 0 Å². The number of imidazole rings is 1. The minimum absolute atomic E-state index is 0.193. The van der Waals surface area contributed by atoms with Crippen LogP contribution in [0.3, 0.4) is 0 Å². The van der Waals surface area contributed by atoms with E-state index in [1.165, 1.54) is 18.7 Å². The molecule has 2 N–H and O–H groups in total. The van der Waals surface area contributed by atoms with Crippen molar-refractivity contribution in [2.75, 3.05) is 13.1 Å². The summed E-state index contributed by atoms with van der Waals surface area (Å²) in [6.07, 6.45) is 6.45. The van der Waals surface area contributed by atoms with Crippen molar-refractivity contribution in [2.24, 2.45) is 16.7 Å². The van der Waals surface area contributed by atoms with E-state index in [9.17, 15) is 4.79 Å². The van der Waals surface area contributed by atoms with Gasteiger partial charge >= 0.3 is 0 Å². The number of carbonyl (C=O) groups excluding carboxylic acids is 1. The zero-order valence-electron chi connectivity index (χ0n) is 18.7. The maximum atomic E-state index is 13.0. The summed E-state index contributed by atoms with van der Waals surface area (Å²) in [6.45, 7) is 10.0. The van der Waals surface area contributed by atoms with Crippen molar-refractivity contribution in [1.82, 2.24) is 20.2 Å². The van der Waals surface area contributed by atoms with Crippen LogP contribution in [0.5, 0.6) is 0 Å². The van der Waals surface area contributed by atoms with Gasteiger partial charge < -0.3 is 15.2 Å². The number of para-hydroxylation sites is 2. The molecule has 2 heterocycles. The Balaban J connectivity index is 1.31. The number of piperidine rings is 1. The molecule has 1 aliphatic heterocycles. The van der Waals surface area contributed by atoms with E-state index in [2.05, 4.69) is 60.2 Å². The van der Waals surface area contributed by atoms with Crippen molar-refractivity contribution >= 4 is 16.9 Å². The van der Waals surface area contributed by atoms with Crippen LogP contribution in [-0.2, 0) is 11.3 Å². The van der Waals surface area contributed by atoms with Crippen molar-refractivity contribution in [3.63, 3.8) is 0 Å². The van der Waals surface area contributed by atoms with E-state index in [1.54, 1.807) is 0 Å². The predicted molar refractivity (Wildman–Crippen MR) is 120 cm³/mol. The molecule has 2 aromatic rings. The number of carbonyl (C=O) groups is 1. The SMILES string of the molecule is CC1(C)C2CC[C@]1(C)[C@@H](NC(=O)CCn1c(C3CCNCC3)nc3ccccc31)C2. The lowest BCUT2D eigenvalue weighted by atomic mass is 9.69. The Hall–Kier alpha value is -1.88. The lowest BCUT2D eigenvalue weighted by Crippen LogP contribution is -2.47. The summed E-state index contributed by atoms with van der Waals surface area (Å²) in [6, 6.07) is 8.68. The number of rotatable bonds is 5. The van der Waals surface area contributed by atoms with Gasteiger partial charge in [-0.2, -0.15) is 0 Å². The van der Waals surface area contributed by atoms with Gasteiger partial charge in [-0.25, -0.2) is 4.98 Å². The highest BCUT2D eigenvalue weighted by molar-refractivity contribution is 5.78. The lowest BCUT2D eigenvalue weighted by molar-refractivity contribution is -0.123. The monoisotopic (exact) mass is 408 g/mol. The van der Waals surface area contributed by atoms with Crippen molar-refractivity contribution in [1.29, 1.82) is 0 Å². The molecule has 1 saturated heterocycles. The van der Waals surface area contributed by atoms with Crippen LogP contribution in [0.25, 0.3) is 11.0 Å². The Morgan fingerprint density at radius 3 is 2.67 bits per heavy atom. The fourth-order valence-electron chi connectivity index (χ4n) is 6.62. The molecule has 2 aliphatic carbocycles. The van der Waals surface area contributed by atoms with Gasteiger partial charge in [-0.1, -0.05) is 32.9 Å². The Bertz CT molecular complexity index is 942. The Labute approximate surface area is 180 Å². The van der Waals surface area contributed by atoms with Crippen LogP contribution in [-0.4, -0.2) is 34.6 Å². The minimum Gasteiger partial charge on any atom is -0.353 e. The topological polar surface area (TPSA) is 59.0 Å². The molecule has 0 spiro atoms. The van der Waals surface area contributed by atoms with Crippen LogP contribution in [0.2, 0.25) is 0 Å². The second-order valence-corrected chi connectivity index (χ2v) is 10.6. The number of nitrogens with one attached hydrogen (secondary N) is 2. The highest BCUT2D eigenvalue weighted by atomic mass is 16.1. The molecule has 1 aromatic heterocycles. The van der Waals surface area contributed by atoms with E-state index < -0.39 is 0 Å². The number of aryl methyl sites for hydroxylation is 1. The molecule has 5 nitrogen and oxygen atoms in total. The third-order valence-corrected chi connectivity index (χ3v) is 9.08. The Morgan fingerprint density at radius 2 is 1.97 bits per heavy atom. The van der Waals surface area contributed by atoms with Crippen LogP contribution in [0, 0.1) is 16.7 Å². The average Bonchev–Trinajstić information content (AvgIpc) is 3.29. The van der Waals surface area contributed by atoms with Crippen LogP contribution < -0.4 is 10.6 Å². The second-order valence-electron chi connectivity index (χ2n) is 10.6. The summed E-state index contributed by atoms with van der Waals surface area (Å²) in [7, 11) is 0. The first-order valence-corrected chi connectivity index (χ1v) is 11.9. The number of aromatic nitrogens is 2. The van der Waals surface area contributed by atoms with Gasteiger partial charge in [0.1, 0.15) is 5.82 Å². The maximum Gasteiger partial charge on any atom is 0.222 e. The van der Waals surface area contributed by atoms with Crippen LogP contribution in [0.1, 0.15) is 71.0 Å². The van der Waals surface area contributed by atoms with E-state index in [1.807, 2.05) is 0 Å². The minimum atomic E-state index is 0.193. The third-order valence-electron chi connectivity index (χ3n) is 9.08. The van der Waals surface area contributed by atoms with Gasteiger partial charge in [0.2, 0.25) is 5.91 Å². The van der Waals surface area contributed by atoms with Gasteiger partial charge in [0, 0.05) is 24.9 Å². The molecule has 2 saturated carbocycles. The molecule has 1 amide bonds. The van der Waals surface area contributed by atoms with E-state index in [-0.39, 0.29) is 11.3 Å². The molecule has 1 aromatic carbocycles. The summed E-state index contributed by atoms with van der Waals surface area (Å²) in [5.74, 6) is 2.58. The quantitative estimate of drug-likeness (QED) is 0.779. The largest absolute Gasteiger partial charge is 0.353 e. The van der Waals surface area contributed by atoms with E-state index in [0.717, 1.165) is 49.3 Å². The molecule has 30 heavy (non-hydrogen) atoms. The molecule has 162 valence electrons. The number of fused-ring (bicyclic) bond motifs is 3. The van der Waals surface area contributed by atoms with Crippen molar-refractivity contribution < 1.29 is 4.79 Å². The third kappa shape index (κ3) is 3.08. The number of benzene rings is 1. The van der Waals surface area contributed by atoms with Crippen LogP contribution >= 0.6 is 0 Å². The van der Waals surface area contributed by atoms with Gasteiger partial charge in [0.05, 0.1) is 11.0 Å². The van der Waals surface area contributed by atoms with E-state index in [4.69, 9.17) is 4.98 Å². The number of amides is 1. The fourth-order valence-corrected chi connectivity index (χ4v) is 6.62. The highest BCUT2D eigenvalue weighted by Crippen LogP contribution is 2.65. The van der Waals surface area contributed by atoms with Crippen molar-refractivity contribution in [3.05, 3.63) is 30.1 Å². The van der Waals surface area contributed by atoms with Gasteiger partial charge in [-0.3, -0.25) is 4.79 Å². The molecule has 3 aliphatic rings. The van der Waals surface area contributed by atoms with Crippen LogP contribution in [0.15, 0.2) is 24.3 Å². The second kappa shape index (κ2) is 7.37.